The van der Waals surface area contributed by atoms with Gasteiger partial charge in [0.1, 0.15) is 0 Å². The molecule has 1 atom stereocenters. The monoisotopic (exact) mass is 276 g/mol. The molecule has 0 spiro atoms. The van der Waals surface area contributed by atoms with Gasteiger partial charge >= 0.3 is 5.97 Å². The summed E-state index contributed by atoms with van der Waals surface area (Å²) in [5.41, 5.74) is 0.991. The van der Waals surface area contributed by atoms with Crippen molar-refractivity contribution in [2.45, 2.75) is 57.0 Å². The van der Waals surface area contributed by atoms with Crippen LogP contribution in [0.4, 0.5) is 0 Å². The molecule has 0 saturated heterocycles. The number of pyridine rings is 1. The second kappa shape index (κ2) is 6.35. The first-order chi connectivity index (χ1) is 9.55. The van der Waals surface area contributed by atoms with Gasteiger partial charge in [-0.3, -0.25) is 14.7 Å². The lowest BCUT2D eigenvalue weighted by molar-refractivity contribution is -0.141. The third-order valence-corrected chi connectivity index (χ3v) is 4.78. The minimum Gasteiger partial charge on any atom is -0.481 e. The highest BCUT2D eigenvalue weighted by molar-refractivity contribution is 5.68. The molecule has 1 aromatic heterocycles. The van der Waals surface area contributed by atoms with E-state index in [-0.39, 0.29) is 18.0 Å². The first-order valence-corrected chi connectivity index (χ1v) is 7.40. The average Bonchev–Trinajstić information content (AvgIpc) is 2.47. The van der Waals surface area contributed by atoms with Gasteiger partial charge in [-0.05, 0) is 44.5 Å². The van der Waals surface area contributed by atoms with Crippen LogP contribution in [-0.4, -0.2) is 33.5 Å². The van der Waals surface area contributed by atoms with Crippen molar-refractivity contribution in [3.05, 3.63) is 30.1 Å². The zero-order chi connectivity index (χ0) is 14.6. The Morgan fingerprint density at radius 1 is 1.35 bits per heavy atom. The van der Waals surface area contributed by atoms with Crippen LogP contribution in [0.2, 0.25) is 0 Å². The minimum atomic E-state index is -0.694. The van der Waals surface area contributed by atoms with Crippen LogP contribution in [0, 0.1) is 0 Å². The number of carboxylic acid groups (broad SMARTS) is 1. The summed E-state index contributed by atoms with van der Waals surface area (Å²) in [7, 11) is 2.07. The fourth-order valence-corrected chi connectivity index (χ4v) is 3.42. The molecule has 1 heterocycles. The quantitative estimate of drug-likeness (QED) is 0.897. The number of aromatic nitrogens is 1. The normalized spacial score (nSPS) is 19.8. The lowest BCUT2D eigenvalue weighted by Gasteiger charge is -2.47. The van der Waals surface area contributed by atoms with Gasteiger partial charge in [0.2, 0.25) is 0 Å². The zero-order valence-electron chi connectivity index (χ0n) is 12.4. The van der Waals surface area contributed by atoms with E-state index in [1.54, 1.807) is 12.4 Å². The smallest absolute Gasteiger partial charge is 0.305 e. The summed E-state index contributed by atoms with van der Waals surface area (Å²) in [5, 5.41) is 9.30. The molecule has 110 valence electrons. The largest absolute Gasteiger partial charge is 0.481 e. The highest BCUT2D eigenvalue weighted by Gasteiger charge is 2.40. The Morgan fingerprint density at radius 2 is 1.95 bits per heavy atom. The van der Waals surface area contributed by atoms with Crippen molar-refractivity contribution in [3.63, 3.8) is 0 Å². The number of nitrogens with zero attached hydrogens (tertiary/aromatic N) is 2. The van der Waals surface area contributed by atoms with E-state index >= 15 is 0 Å². The van der Waals surface area contributed by atoms with E-state index in [4.69, 9.17) is 0 Å². The first kappa shape index (κ1) is 15.0. The van der Waals surface area contributed by atoms with Gasteiger partial charge in [0.05, 0.1) is 6.42 Å². The maximum atomic E-state index is 11.3. The fourth-order valence-electron chi connectivity index (χ4n) is 3.42. The van der Waals surface area contributed by atoms with Crippen molar-refractivity contribution in [2.75, 3.05) is 7.05 Å². The summed E-state index contributed by atoms with van der Waals surface area (Å²) >= 11 is 0. The molecule has 2 rings (SSSR count). The van der Waals surface area contributed by atoms with Gasteiger partial charge in [0.15, 0.2) is 0 Å². The third kappa shape index (κ3) is 3.18. The summed E-state index contributed by atoms with van der Waals surface area (Å²) in [6.45, 7) is 2.15. The predicted molar refractivity (Wildman–Crippen MR) is 78.5 cm³/mol. The van der Waals surface area contributed by atoms with Gasteiger partial charge in [-0.15, -0.1) is 0 Å². The predicted octanol–water partition coefficient (Wildman–Crippen LogP) is 3.25. The second-order valence-corrected chi connectivity index (χ2v) is 5.92. The number of hydrogen-bond acceptors (Lipinski definition) is 3. The van der Waals surface area contributed by atoms with Crippen LogP contribution in [0.1, 0.15) is 57.1 Å². The van der Waals surface area contributed by atoms with E-state index in [0.717, 1.165) is 25.7 Å². The second-order valence-electron chi connectivity index (χ2n) is 5.92. The topological polar surface area (TPSA) is 53.4 Å². The van der Waals surface area contributed by atoms with E-state index in [9.17, 15) is 9.90 Å². The molecular weight excluding hydrogens is 252 g/mol. The van der Waals surface area contributed by atoms with Gasteiger partial charge in [-0.2, -0.15) is 0 Å². The lowest BCUT2D eigenvalue weighted by atomic mass is 9.77. The highest BCUT2D eigenvalue weighted by Crippen LogP contribution is 2.39. The first-order valence-electron chi connectivity index (χ1n) is 7.40. The van der Waals surface area contributed by atoms with E-state index in [0.29, 0.717) is 0 Å². The van der Waals surface area contributed by atoms with Gasteiger partial charge in [-0.25, -0.2) is 0 Å². The molecular formula is C16H24N2O2. The molecule has 0 radical (unpaired) electrons. The standard InChI is InChI=1S/C16H24N2O2/c1-13(14-6-10-17-11-7-14)18(2)16(12-15(19)20)8-4-3-5-9-16/h6-7,10-11,13H,3-5,8-9,12H2,1-2H3,(H,19,20). The fraction of sp³-hybridized carbons (Fsp3) is 0.625. The molecule has 0 aliphatic heterocycles. The van der Waals surface area contributed by atoms with Crippen LogP contribution < -0.4 is 0 Å². The summed E-state index contributed by atoms with van der Waals surface area (Å²) < 4.78 is 0. The van der Waals surface area contributed by atoms with Crippen LogP contribution in [0.3, 0.4) is 0 Å². The Morgan fingerprint density at radius 3 is 2.50 bits per heavy atom. The zero-order valence-corrected chi connectivity index (χ0v) is 12.4. The Labute approximate surface area is 120 Å². The van der Waals surface area contributed by atoms with Crippen molar-refractivity contribution in [1.82, 2.24) is 9.88 Å². The third-order valence-electron chi connectivity index (χ3n) is 4.78. The molecule has 1 aliphatic rings. The summed E-state index contributed by atoms with van der Waals surface area (Å²) in [6, 6.07) is 4.23. The van der Waals surface area contributed by atoms with E-state index in [2.05, 4.69) is 23.9 Å². The molecule has 1 fully saturated rings. The minimum absolute atomic E-state index is 0.202. The molecule has 1 aromatic rings. The van der Waals surface area contributed by atoms with Crippen LogP contribution in [0.25, 0.3) is 0 Å². The Bertz CT molecular complexity index is 441. The molecule has 0 bridgehead atoms. The highest BCUT2D eigenvalue weighted by atomic mass is 16.4. The molecule has 4 nitrogen and oxygen atoms in total. The molecule has 0 aromatic carbocycles. The molecule has 0 amide bonds. The van der Waals surface area contributed by atoms with Crippen molar-refractivity contribution in [2.24, 2.45) is 0 Å². The van der Waals surface area contributed by atoms with E-state index in [1.165, 1.54) is 12.0 Å². The molecule has 1 N–H and O–H groups in total. The molecule has 1 aliphatic carbocycles. The van der Waals surface area contributed by atoms with Crippen molar-refractivity contribution >= 4 is 5.97 Å². The van der Waals surface area contributed by atoms with Gasteiger partial charge in [0.25, 0.3) is 0 Å². The summed E-state index contributed by atoms with van der Waals surface area (Å²) in [4.78, 5) is 17.6. The Balaban J connectivity index is 2.21. The van der Waals surface area contributed by atoms with Crippen LogP contribution >= 0.6 is 0 Å². The molecule has 1 saturated carbocycles. The van der Waals surface area contributed by atoms with Crippen molar-refractivity contribution in [3.8, 4) is 0 Å². The van der Waals surface area contributed by atoms with Crippen LogP contribution in [0.15, 0.2) is 24.5 Å². The Kier molecular flexibility index (Phi) is 4.76. The number of carbonyl (C=O) groups is 1. The number of aliphatic carboxylic acids is 1. The van der Waals surface area contributed by atoms with E-state index in [1.807, 2.05) is 12.1 Å². The maximum absolute atomic E-state index is 11.3. The Hall–Kier alpha value is -1.42. The number of rotatable bonds is 5. The lowest BCUT2D eigenvalue weighted by Crippen LogP contribution is -2.50. The summed E-state index contributed by atoms with van der Waals surface area (Å²) in [6.07, 6.45) is 9.25. The van der Waals surface area contributed by atoms with Gasteiger partial charge in [-0.1, -0.05) is 19.3 Å². The number of carboxylic acids is 1. The van der Waals surface area contributed by atoms with Gasteiger partial charge < -0.3 is 5.11 Å². The molecule has 4 heteroatoms. The molecule has 1 unspecified atom stereocenters. The van der Waals surface area contributed by atoms with E-state index < -0.39 is 5.97 Å². The molecule has 20 heavy (non-hydrogen) atoms. The van der Waals surface area contributed by atoms with Crippen molar-refractivity contribution < 1.29 is 9.90 Å². The van der Waals surface area contributed by atoms with Crippen molar-refractivity contribution in [1.29, 1.82) is 0 Å². The van der Waals surface area contributed by atoms with Crippen LogP contribution in [0.5, 0.6) is 0 Å². The number of hydrogen-bond donors (Lipinski definition) is 1. The van der Waals surface area contributed by atoms with Gasteiger partial charge in [0, 0.05) is 24.0 Å². The van der Waals surface area contributed by atoms with Crippen LogP contribution in [-0.2, 0) is 4.79 Å². The average molecular weight is 276 g/mol. The summed E-state index contributed by atoms with van der Waals surface area (Å²) in [5.74, 6) is -0.694. The maximum Gasteiger partial charge on any atom is 0.305 e. The SMILES string of the molecule is CC(c1ccncc1)N(C)C1(CC(=O)O)CCCCC1.